The molecule has 2 aromatic heterocycles. The van der Waals surface area contributed by atoms with Crippen molar-refractivity contribution in [3.63, 3.8) is 0 Å². The van der Waals surface area contributed by atoms with Crippen LogP contribution in [0.3, 0.4) is 0 Å². The van der Waals surface area contributed by atoms with Gasteiger partial charge in [0, 0.05) is 0 Å². The molecule has 0 unspecified atom stereocenters. The number of aliphatic carboxylic acids is 1. The Morgan fingerprint density at radius 1 is 1.48 bits per heavy atom. The summed E-state index contributed by atoms with van der Waals surface area (Å²) in [4.78, 5) is 19.1. The Morgan fingerprint density at radius 3 is 3.05 bits per heavy atom. The van der Waals surface area contributed by atoms with Crippen molar-refractivity contribution in [2.45, 2.75) is 11.7 Å². The number of carboxylic acid groups (broad SMARTS) is 1. The normalized spacial score (nSPS) is 11.1. The third-order valence-electron chi connectivity index (χ3n) is 2.73. The molecule has 3 rings (SSSR count). The van der Waals surface area contributed by atoms with E-state index >= 15 is 0 Å². The van der Waals surface area contributed by atoms with Gasteiger partial charge in [-0.2, -0.15) is 4.98 Å². The summed E-state index contributed by atoms with van der Waals surface area (Å²) < 4.78 is 6.53. The highest BCUT2D eigenvalue weighted by molar-refractivity contribution is 7.99. The second-order valence-electron chi connectivity index (χ2n) is 4.12. The summed E-state index contributed by atoms with van der Waals surface area (Å²) in [6.07, 6.45) is 1.24. The number of carbonyl (C=O) groups is 1. The summed E-state index contributed by atoms with van der Waals surface area (Å²) in [5.41, 5.74) is 1.41. The van der Waals surface area contributed by atoms with Crippen molar-refractivity contribution in [1.29, 1.82) is 0 Å². The molecule has 0 aliphatic carbocycles. The largest absolute Gasteiger partial charge is 0.481 e. The van der Waals surface area contributed by atoms with Crippen molar-refractivity contribution < 1.29 is 14.4 Å². The zero-order valence-corrected chi connectivity index (χ0v) is 12.1. The average molecular weight is 325 g/mol. The monoisotopic (exact) mass is 324 g/mol. The van der Waals surface area contributed by atoms with E-state index in [0.29, 0.717) is 28.1 Å². The highest BCUT2D eigenvalue weighted by atomic mass is 35.5. The first-order valence-corrected chi connectivity index (χ1v) is 7.26. The fourth-order valence-corrected chi connectivity index (χ4v) is 2.82. The molecular weight excluding hydrogens is 316 g/mol. The minimum atomic E-state index is -0.913. The van der Waals surface area contributed by atoms with Crippen LogP contribution in [0.2, 0.25) is 5.02 Å². The smallest absolute Gasteiger partial charge is 0.313 e. The zero-order valence-electron chi connectivity index (χ0n) is 10.6. The summed E-state index contributed by atoms with van der Waals surface area (Å²) in [6.45, 7) is 0.329. The van der Waals surface area contributed by atoms with E-state index in [9.17, 15) is 4.79 Å². The summed E-state index contributed by atoms with van der Waals surface area (Å²) in [6, 6.07) is 5.41. The van der Waals surface area contributed by atoms with E-state index in [2.05, 4.69) is 15.1 Å². The molecule has 0 aliphatic heterocycles. The van der Waals surface area contributed by atoms with Gasteiger partial charge in [-0.1, -0.05) is 34.6 Å². The fourth-order valence-electron chi connectivity index (χ4n) is 1.88. The van der Waals surface area contributed by atoms with Gasteiger partial charge >= 0.3 is 5.97 Å². The first kappa shape index (κ1) is 13.9. The number of benzene rings is 1. The second-order valence-corrected chi connectivity index (χ2v) is 5.47. The standard InChI is InChI=1S/C12H9ClN4O3S/c13-7-2-1-3-8-11(7)15-12(21-5-10(18)19)17(8)4-9-14-6-20-16-9/h1-3,6H,4-5H2,(H,18,19). The van der Waals surface area contributed by atoms with E-state index in [4.69, 9.17) is 21.2 Å². The molecule has 108 valence electrons. The number of para-hydroxylation sites is 1. The molecule has 0 bridgehead atoms. The predicted molar refractivity (Wildman–Crippen MR) is 76.5 cm³/mol. The molecule has 0 atom stereocenters. The van der Waals surface area contributed by atoms with Crippen LogP contribution in [-0.2, 0) is 11.3 Å². The maximum atomic E-state index is 10.8. The molecule has 0 aliphatic rings. The van der Waals surface area contributed by atoms with Gasteiger partial charge in [0.1, 0.15) is 5.52 Å². The lowest BCUT2D eigenvalue weighted by molar-refractivity contribution is -0.133. The summed E-state index contributed by atoms with van der Waals surface area (Å²) in [5.74, 6) is -0.525. The van der Waals surface area contributed by atoms with Gasteiger partial charge in [0.05, 0.1) is 22.8 Å². The Balaban J connectivity index is 2.06. The van der Waals surface area contributed by atoms with Crippen molar-refractivity contribution in [3.8, 4) is 0 Å². The molecule has 3 aromatic rings. The number of thioether (sulfide) groups is 1. The SMILES string of the molecule is O=C(O)CSc1nc2c(Cl)cccc2n1Cc1ncon1. The van der Waals surface area contributed by atoms with Crippen molar-refractivity contribution in [1.82, 2.24) is 19.7 Å². The first-order chi connectivity index (χ1) is 10.1. The highest BCUT2D eigenvalue weighted by Gasteiger charge is 2.16. The van der Waals surface area contributed by atoms with Crippen LogP contribution in [0, 0.1) is 0 Å². The predicted octanol–water partition coefficient (Wildman–Crippen LogP) is 2.30. The quantitative estimate of drug-likeness (QED) is 0.719. The second kappa shape index (κ2) is 5.74. The Hall–Kier alpha value is -2.06. The van der Waals surface area contributed by atoms with Crippen LogP contribution in [0.4, 0.5) is 0 Å². The fraction of sp³-hybridized carbons (Fsp3) is 0.167. The molecule has 0 saturated heterocycles. The summed E-state index contributed by atoms with van der Waals surface area (Å²) in [7, 11) is 0. The van der Waals surface area contributed by atoms with E-state index in [1.54, 1.807) is 6.07 Å². The maximum absolute atomic E-state index is 10.8. The van der Waals surface area contributed by atoms with E-state index < -0.39 is 5.97 Å². The summed E-state index contributed by atoms with van der Waals surface area (Å²) in [5, 5.41) is 13.6. The average Bonchev–Trinajstić information content (AvgIpc) is 3.07. The van der Waals surface area contributed by atoms with Gasteiger partial charge in [-0.05, 0) is 12.1 Å². The Labute approximate surface area is 127 Å². The molecule has 1 aromatic carbocycles. The van der Waals surface area contributed by atoms with Crippen molar-refractivity contribution in [2.24, 2.45) is 0 Å². The molecule has 0 saturated carbocycles. The number of nitrogens with zero attached hydrogens (tertiary/aromatic N) is 4. The van der Waals surface area contributed by atoms with Gasteiger partial charge in [0.2, 0.25) is 6.39 Å². The van der Waals surface area contributed by atoms with E-state index in [1.807, 2.05) is 16.7 Å². The molecule has 2 heterocycles. The number of hydrogen-bond donors (Lipinski definition) is 1. The van der Waals surface area contributed by atoms with Gasteiger partial charge in [-0.15, -0.1) is 0 Å². The molecule has 0 spiro atoms. The minimum Gasteiger partial charge on any atom is -0.481 e. The van der Waals surface area contributed by atoms with Gasteiger partial charge in [-0.3, -0.25) is 4.79 Å². The molecule has 0 amide bonds. The lowest BCUT2D eigenvalue weighted by atomic mass is 10.3. The number of hydrogen-bond acceptors (Lipinski definition) is 6. The molecule has 0 radical (unpaired) electrons. The van der Waals surface area contributed by atoms with Crippen LogP contribution in [-0.4, -0.2) is 36.5 Å². The van der Waals surface area contributed by atoms with Gasteiger partial charge in [0.25, 0.3) is 0 Å². The van der Waals surface area contributed by atoms with Gasteiger partial charge in [-0.25, -0.2) is 4.98 Å². The minimum absolute atomic E-state index is 0.0901. The van der Waals surface area contributed by atoms with Crippen LogP contribution >= 0.6 is 23.4 Å². The number of halogens is 1. The Kier molecular flexibility index (Phi) is 3.80. The summed E-state index contributed by atoms with van der Waals surface area (Å²) >= 11 is 7.25. The number of rotatable bonds is 5. The van der Waals surface area contributed by atoms with Crippen LogP contribution < -0.4 is 0 Å². The highest BCUT2D eigenvalue weighted by Crippen LogP contribution is 2.29. The molecule has 0 fully saturated rings. The number of imidazole rings is 1. The third-order valence-corrected chi connectivity index (χ3v) is 3.99. The topological polar surface area (TPSA) is 94.0 Å². The van der Waals surface area contributed by atoms with E-state index in [1.165, 1.54) is 6.39 Å². The zero-order chi connectivity index (χ0) is 14.8. The van der Waals surface area contributed by atoms with Crippen LogP contribution in [0.5, 0.6) is 0 Å². The van der Waals surface area contributed by atoms with Gasteiger partial charge < -0.3 is 14.2 Å². The number of fused-ring (bicyclic) bond motifs is 1. The lowest BCUT2D eigenvalue weighted by Gasteiger charge is -2.05. The first-order valence-electron chi connectivity index (χ1n) is 5.89. The van der Waals surface area contributed by atoms with Crippen LogP contribution in [0.25, 0.3) is 11.0 Å². The lowest BCUT2D eigenvalue weighted by Crippen LogP contribution is -2.05. The third kappa shape index (κ3) is 2.86. The van der Waals surface area contributed by atoms with Crippen LogP contribution in [0.1, 0.15) is 5.82 Å². The number of carboxylic acids is 1. The molecule has 9 heteroatoms. The molecule has 21 heavy (non-hydrogen) atoms. The van der Waals surface area contributed by atoms with E-state index in [-0.39, 0.29) is 5.75 Å². The van der Waals surface area contributed by atoms with Crippen molar-refractivity contribution in [2.75, 3.05) is 5.75 Å². The molecule has 7 nitrogen and oxygen atoms in total. The van der Waals surface area contributed by atoms with E-state index in [0.717, 1.165) is 17.3 Å². The van der Waals surface area contributed by atoms with Crippen molar-refractivity contribution in [3.05, 3.63) is 35.4 Å². The van der Waals surface area contributed by atoms with Crippen molar-refractivity contribution >= 4 is 40.4 Å². The maximum Gasteiger partial charge on any atom is 0.313 e. The Bertz CT molecular complexity index is 787. The van der Waals surface area contributed by atoms with Crippen LogP contribution in [0.15, 0.2) is 34.3 Å². The number of aromatic nitrogens is 4. The molecule has 1 N–H and O–H groups in total. The van der Waals surface area contributed by atoms with Gasteiger partial charge in [0.15, 0.2) is 11.0 Å². The molecular formula is C12H9ClN4O3S. The Morgan fingerprint density at radius 2 is 2.33 bits per heavy atom.